The van der Waals surface area contributed by atoms with Gasteiger partial charge in [-0.05, 0) is 19.8 Å². The molecule has 5 rings (SSSR count). The molecule has 33 nitrogen and oxygen atoms in total. The summed E-state index contributed by atoms with van der Waals surface area (Å²) >= 11 is 0. The van der Waals surface area contributed by atoms with Crippen LogP contribution in [-0.2, 0) is 66.5 Å². The molecule has 0 bridgehead atoms. The van der Waals surface area contributed by atoms with Crippen molar-refractivity contribution in [3.63, 3.8) is 0 Å². The van der Waals surface area contributed by atoms with Crippen molar-refractivity contribution in [1.29, 1.82) is 0 Å². The molecule has 0 aliphatic carbocycles. The van der Waals surface area contributed by atoms with Crippen LogP contribution in [0.4, 0.5) is 0 Å². The standard InChI is InChI=1S/C76H138N2O31/c1-5-7-9-11-13-15-17-19-20-21-22-24-26-28-30-32-34-36-56(89)78-48(49(86)35-33-31-29-27-25-23-18-16-14-12-10-8-6-2)44-100-72-64(96)62(94)67(54(42-82)103-72)106-74-65(97)70(109-76(75(98)99)38-50(87)57(77-46(4)85)69(108-76)58(90)51(88)39-79)68(55(43-83)104-74)107-71-47(37-45(3)84)66(60(92)53(41-81)101-71)105-73-63(95)61(93)59(91)52(40-80)102-73/h47-55,57-74,79-83,86-88,90-97H,5-44H2,1-4H3,(H,77,85)(H,78,89)(H,98,99)/t47-,48+,49-,50+,51-,52-,53-,54-,55-,57-,58-,59+,60+,61+,62-,63-,64-,65-,66-,67-,68+,69?,70-,71+,72-,73+,74+,76+/m1/s1. The van der Waals surface area contributed by atoms with Crippen LogP contribution in [0.15, 0.2) is 0 Å². The van der Waals surface area contributed by atoms with Gasteiger partial charge in [0, 0.05) is 32.1 Å². The number of hydrogen-bond acceptors (Lipinski definition) is 30. The highest BCUT2D eigenvalue weighted by Gasteiger charge is 2.62. The summed E-state index contributed by atoms with van der Waals surface area (Å²) in [6.07, 6.45) is -15.5. The third kappa shape index (κ3) is 30.6. The van der Waals surface area contributed by atoms with Gasteiger partial charge >= 0.3 is 5.97 Å². The summed E-state index contributed by atoms with van der Waals surface area (Å²) < 4.78 is 60.5. The number of carboxylic acids is 1. The topological polar surface area (TPSA) is 529 Å². The van der Waals surface area contributed by atoms with Crippen LogP contribution in [0.1, 0.15) is 246 Å². The molecule has 2 amide bonds. The van der Waals surface area contributed by atoms with Gasteiger partial charge in [0.25, 0.3) is 5.79 Å². The van der Waals surface area contributed by atoms with E-state index < -0.39 is 241 Å². The number of ketones is 1. The highest BCUT2D eigenvalue weighted by molar-refractivity contribution is 5.77. The maximum atomic E-state index is 13.8. The first kappa shape index (κ1) is 96.6. The fraction of sp³-hybridized carbons (Fsp3) is 0.947. The number of aliphatic hydroxyl groups excluding tert-OH is 16. The summed E-state index contributed by atoms with van der Waals surface area (Å²) in [6, 6.07) is -2.80. The van der Waals surface area contributed by atoms with Crippen LogP contribution in [0.3, 0.4) is 0 Å². The fourth-order valence-corrected chi connectivity index (χ4v) is 15.2. The number of carbonyl (C=O) groups is 4. The third-order valence-corrected chi connectivity index (χ3v) is 21.7. The quantitative estimate of drug-likeness (QED) is 0.0378. The van der Waals surface area contributed by atoms with E-state index in [1.807, 2.05) is 0 Å². The maximum Gasteiger partial charge on any atom is 0.364 e. The predicted molar refractivity (Wildman–Crippen MR) is 389 cm³/mol. The lowest BCUT2D eigenvalue weighted by atomic mass is 9.86. The Morgan fingerprint density at radius 2 is 0.899 bits per heavy atom. The first-order valence-electron chi connectivity index (χ1n) is 40.6. The second-order valence-electron chi connectivity index (χ2n) is 30.7. The monoisotopic (exact) mass is 1570 g/mol. The molecule has 5 fully saturated rings. The SMILES string of the molecule is CCCCCCCCCCCCCCCCCCCC(=O)N[C@@H](CO[C@@H]1O[C@H](CO)[C@@H](O[C@@H]2O[C@H](CO)[C@H](O[C@@H]3O[C@H](CO)[C@H](O)[C@H](O[C@@H]4O[C@H](CO)[C@H](O)[C@H](O)[C@H]4O)[C@H]3CC(C)=O)[C@H](O[C@]3(C(=O)O)C[C@H](O)[C@@H](NC(C)=O)C([C@H](O)[C@H](O)CO)O3)[C@H]2O)[C@H](O)[C@H]1O)[C@H](O)CCCCCCCCCCCCCCC. The zero-order valence-electron chi connectivity index (χ0n) is 64.7. The Bertz CT molecular complexity index is 2480. The number of carbonyl (C=O) groups excluding carboxylic acids is 3. The molecule has 0 aromatic rings. The molecule has 5 heterocycles. The minimum atomic E-state index is -3.36. The van der Waals surface area contributed by atoms with Crippen molar-refractivity contribution in [2.75, 3.05) is 39.6 Å². The normalized spacial score (nSPS) is 34.1. The lowest BCUT2D eigenvalue weighted by Crippen LogP contribution is -2.71. The molecule has 5 saturated heterocycles. The first-order chi connectivity index (χ1) is 52.3. The lowest BCUT2D eigenvalue weighted by Gasteiger charge is -2.52. The van der Waals surface area contributed by atoms with Gasteiger partial charge in [0.2, 0.25) is 11.8 Å². The van der Waals surface area contributed by atoms with E-state index >= 15 is 0 Å². The van der Waals surface area contributed by atoms with Gasteiger partial charge in [0.05, 0.1) is 70.0 Å². The number of hydrogen-bond donors (Lipinski definition) is 19. The van der Waals surface area contributed by atoms with Gasteiger partial charge in [-0.1, -0.05) is 200 Å². The zero-order chi connectivity index (χ0) is 80.2. The number of unbranched alkanes of at least 4 members (excludes halogenated alkanes) is 28. The third-order valence-electron chi connectivity index (χ3n) is 21.7. The molecule has 0 saturated carbocycles. The number of aliphatic hydroxyl groups is 16. The van der Waals surface area contributed by atoms with E-state index in [-0.39, 0.29) is 18.7 Å². The molecule has 0 radical (unpaired) electrons. The van der Waals surface area contributed by atoms with Crippen molar-refractivity contribution in [2.24, 2.45) is 5.92 Å². The molecule has 1 unspecified atom stereocenters. The Morgan fingerprint density at radius 1 is 0.468 bits per heavy atom. The average molecular weight is 1580 g/mol. The van der Waals surface area contributed by atoms with Crippen LogP contribution in [0.2, 0.25) is 0 Å². The first-order valence-corrected chi connectivity index (χ1v) is 40.6. The molecule has 0 aromatic carbocycles. The number of Topliss-reactive ketones (excluding diaryl/α,β-unsaturated/α-hetero) is 1. The Balaban J connectivity index is 1.37. The van der Waals surface area contributed by atoms with Crippen molar-refractivity contribution < 1.29 is 153 Å². The van der Waals surface area contributed by atoms with Gasteiger partial charge in [-0.2, -0.15) is 0 Å². The van der Waals surface area contributed by atoms with E-state index in [9.17, 15) is 106 Å². The largest absolute Gasteiger partial charge is 0.477 e. The highest BCUT2D eigenvalue weighted by atomic mass is 16.8. The molecule has 5 aliphatic heterocycles. The van der Waals surface area contributed by atoms with E-state index in [4.69, 9.17) is 47.4 Å². The second-order valence-corrected chi connectivity index (χ2v) is 30.7. The number of carboxylic acid groups (broad SMARTS) is 1. The summed E-state index contributed by atoms with van der Waals surface area (Å²) in [6.45, 7) is 0.617. The number of amides is 2. The summed E-state index contributed by atoms with van der Waals surface area (Å²) in [5.74, 6) is -9.02. The molecule has 28 atom stereocenters. The fourth-order valence-electron chi connectivity index (χ4n) is 15.2. The Kier molecular flexibility index (Phi) is 46.0. The van der Waals surface area contributed by atoms with Crippen LogP contribution in [-0.4, -0.2) is 315 Å². The van der Waals surface area contributed by atoms with Crippen LogP contribution < -0.4 is 10.6 Å². The van der Waals surface area contributed by atoms with Crippen molar-refractivity contribution in [3.8, 4) is 0 Å². The summed E-state index contributed by atoms with van der Waals surface area (Å²) in [5.41, 5.74) is 0. The van der Waals surface area contributed by atoms with E-state index in [0.29, 0.717) is 12.8 Å². The number of ether oxygens (including phenoxy) is 10. The van der Waals surface area contributed by atoms with Gasteiger partial charge in [-0.3, -0.25) is 9.59 Å². The van der Waals surface area contributed by atoms with Crippen molar-refractivity contribution in [3.05, 3.63) is 0 Å². The molecule has 638 valence electrons. The predicted octanol–water partition coefficient (Wildman–Crippen LogP) is 1.05. The van der Waals surface area contributed by atoms with E-state index in [1.54, 1.807) is 0 Å². The van der Waals surface area contributed by atoms with Gasteiger partial charge in [0.1, 0.15) is 110 Å². The summed E-state index contributed by atoms with van der Waals surface area (Å²) in [4.78, 5) is 53.2. The van der Waals surface area contributed by atoms with E-state index in [2.05, 4.69) is 24.5 Å². The lowest BCUT2D eigenvalue weighted by molar-refractivity contribution is -0.406. The van der Waals surface area contributed by atoms with Crippen molar-refractivity contribution >= 4 is 23.6 Å². The molecule has 0 aromatic heterocycles. The van der Waals surface area contributed by atoms with E-state index in [1.165, 1.54) is 122 Å². The molecule has 19 N–H and O–H groups in total. The van der Waals surface area contributed by atoms with Crippen LogP contribution in [0, 0.1) is 5.92 Å². The van der Waals surface area contributed by atoms with E-state index in [0.717, 1.165) is 71.6 Å². The maximum absolute atomic E-state index is 13.8. The smallest absolute Gasteiger partial charge is 0.364 e. The second kappa shape index (κ2) is 51.9. The molecular weight excluding hydrogens is 1440 g/mol. The minimum Gasteiger partial charge on any atom is -0.477 e. The van der Waals surface area contributed by atoms with Crippen LogP contribution in [0.25, 0.3) is 0 Å². The average Bonchev–Trinajstić information content (AvgIpc) is 0.747. The minimum absolute atomic E-state index is 0.162. The van der Waals surface area contributed by atoms with Gasteiger partial charge in [-0.25, -0.2) is 4.79 Å². The zero-order valence-corrected chi connectivity index (χ0v) is 64.7. The summed E-state index contributed by atoms with van der Waals surface area (Å²) in [5, 5.41) is 195. The highest BCUT2D eigenvalue weighted by Crippen LogP contribution is 2.43. The number of nitrogens with one attached hydrogen (secondary N) is 2. The molecule has 109 heavy (non-hydrogen) atoms. The number of aliphatic carboxylic acids is 1. The van der Waals surface area contributed by atoms with Gasteiger partial charge in [0.15, 0.2) is 25.2 Å². The molecule has 0 spiro atoms. The van der Waals surface area contributed by atoms with Gasteiger partial charge in [-0.15, -0.1) is 0 Å². The van der Waals surface area contributed by atoms with Crippen molar-refractivity contribution in [2.45, 2.75) is 411 Å². The van der Waals surface area contributed by atoms with Crippen LogP contribution >= 0.6 is 0 Å². The van der Waals surface area contributed by atoms with Gasteiger partial charge < -0.3 is 150 Å². The Labute approximate surface area is 641 Å². The Hall–Kier alpha value is -2.96. The Morgan fingerprint density at radius 3 is 1.39 bits per heavy atom. The molecule has 5 aliphatic rings. The number of rotatable bonds is 56. The molecular formula is C76H138N2O31. The molecule has 33 heteroatoms. The van der Waals surface area contributed by atoms with Crippen LogP contribution in [0.5, 0.6) is 0 Å². The summed E-state index contributed by atoms with van der Waals surface area (Å²) in [7, 11) is 0. The van der Waals surface area contributed by atoms with Crippen molar-refractivity contribution in [1.82, 2.24) is 10.6 Å².